The number of nitrogens with zero attached hydrogens (tertiary/aromatic N) is 2. The average Bonchev–Trinajstić information content (AvgIpc) is 2.55. The summed E-state index contributed by atoms with van der Waals surface area (Å²) in [7, 11) is -3.75. The van der Waals surface area contributed by atoms with Crippen LogP contribution in [0.2, 0.25) is 0 Å². The molecular formula is C15H21N3O5S. The maximum atomic E-state index is 12.7. The molecule has 1 saturated heterocycles. The zero-order valence-electron chi connectivity index (χ0n) is 13.7. The predicted octanol–water partition coefficient (Wildman–Crippen LogP) is 0.557. The largest absolute Gasteiger partial charge is 0.450 e. The van der Waals surface area contributed by atoms with E-state index in [9.17, 15) is 18.0 Å². The van der Waals surface area contributed by atoms with E-state index in [0.29, 0.717) is 5.56 Å². The standard InChI is InChI=1S/C15H21N3O5S/c1-3-23-15(20)17-6-8-18(9-7-17)24(21,22)12-5-4-11(2)13(10-12)14(16)19/h4-5,10H,3,6-9H2,1-2H3,(H2,16,19). The van der Waals surface area contributed by atoms with Gasteiger partial charge < -0.3 is 15.4 Å². The highest BCUT2D eigenvalue weighted by atomic mass is 32.2. The van der Waals surface area contributed by atoms with Gasteiger partial charge in [0.1, 0.15) is 0 Å². The Hall–Kier alpha value is -2.13. The molecule has 0 atom stereocenters. The van der Waals surface area contributed by atoms with E-state index in [2.05, 4.69) is 0 Å². The lowest BCUT2D eigenvalue weighted by atomic mass is 10.1. The van der Waals surface area contributed by atoms with Crippen molar-refractivity contribution in [2.75, 3.05) is 32.8 Å². The first kappa shape index (κ1) is 18.2. The van der Waals surface area contributed by atoms with Gasteiger partial charge in [-0.25, -0.2) is 13.2 Å². The number of aryl methyl sites for hydroxylation is 1. The van der Waals surface area contributed by atoms with Crippen molar-refractivity contribution >= 4 is 22.0 Å². The summed E-state index contributed by atoms with van der Waals surface area (Å²) in [5, 5.41) is 0. The molecule has 2 rings (SSSR count). The van der Waals surface area contributed by atoms with Crippen LogP contribution in [0.25, 0.3) is 0 Å². The van der Waals surface area contributed by atoms with Crippen LogP contribution >= 0.6 is 0 Å². The topological polar surface area (TPSA) is 110 Å². The summed E-state index contributed by atoms with van der Waals surface area (Å²) < 4.78 is 31.6. The van der Waals surface area contributed by atoms with Gasteiger partial charge in [-0.2, -0.15) is 4.31 Å². The Morgan fingerprint density at radius 3 is 2.38 bits per heavy atom. The number of benzene rings is 1. The van der Waals surface area contributed by atoms with Crippen LogP contribution in [0.1, 0.15) is 22.8 Å². The molecular weight excluding hydrogens is 334 g/mol. The lowest BCUT2D eigenvalue weighted by Crippen LogP contribution is -2.50. The van der Waals surface area contributed by atoms with E-state index in [4.69, 9.17) is 10.5 Å². The van der Waals surface area contributed by atoms with Gasteiger partial charge in [0.05, 0.1) is 11.5 Å². The van der Waals surface area contributed by atoms with Gasteiger partial charge in [-0.3, -0.25) is 4.79 Å². The molecule has 0 radical (unpaired) electrons. The summed E-state index contributed by atoms with van der Waals surface area (Å²) in [5.74, 6) is -0.670. The van der Waals surface area contributed by atoms with Crippen LogP contribution in [0, 0.1) is 6.92 Å². The van der Waals surface area contributed by atoms with Crippen LogP contribution in [0.3, 0.4) is 0 Å². The molecule has 0 spiro atoms. The molecule has 1 heterocycles. The highest BCUT2D eigenvalue weighted by molar-refractivity contribution is 7.89. The molecule has 0 aromatic heterocycles. The first-order valence-electron chi connectivity index (χ1n) is 7.59. The number of sulfonamides is 1. The number of carbonyl (C=O) groups excluding carboxylic acids is 2. The predicted molar refractivity (Wildman–Crippen MR) is 87.1 cm³/mol. The Labute approximate surface area is 141 Å². The minimum Gasteiger partial charge on any atom is -0.450 e. The van der Waals surface area contributed by atoms with E-state index < -0.39 is 22.0 Å². The van der Waals surface area contributed by atoms with Gasteiger partial charge >= 0.3 is 6.09 Å². The summed E-state index contributed by atoms with van der Waals surface area (Å²) in [6, 6.07) is 4.31. The molecule has 1 aliphatic heterocycles. The number of primary amides is 1. The van der Waals surface area contributed by atoms with Crippen LogP contribution in [0.4, 0.5) is 4.79 Å². The van der Waals surface area contributed by atoms with E-state index in [1.54, 1.807) is 19.9 Å². The van der Waals surface area contributed by atoms with Gasteiger partial charge in [0, 0.05) is 31.7 Å². The van der Waals surface area contributed by atoms with Crippen molar-refractivity contribution in [3.8, 4) is 0 Å². The quantitative estimate of drug-likeness (QED) is 0.848. The van der Waals surface area contributed by atoms with Gasteiger partial charge in [-0.1, -0.05) is 6.07 Å². The SMILES string of the molecule is CCOC(=O)N1CCN(S(=O)(=O)c2ccc(C)c(C(N)=O)c2)CC1. The van der Waals surface area contributed by atoms with Crippen molar-refractivity contribution in [2.45, 2.75) is 18.7 Å². The van der Waals surface area contributed by atoms with Gasteiger partial charge in [0.2, 0.25) is 15.9 Å². The van der Waals surface area contributed by atoms with E-state index in [-0.39, 0.29) is 43.2 Å². The monoisotopic (exact) mass is 355 g/mol. The van der Waals surface area contributed by atoms with Gasteiger partial charge in [0.15, 0.2) is 0 Å². The van der Waals surface area contributed by atoms with Gasteiger partial charge in [-0.15, -0.1) is 0 Å². The number of carbonyl (C=O) groups is 2. The van der Waals surface area contributed by atoms with Gasteiger partial charge in [0.25, 0.3) is 0 Å². The highest BCUT2D eigenvalue weighted by Crippen LogP contribution is 2.21. The molecule has 132 valence electrons. The summed E-state index contributed by atoms with van der Waals surface area (Å²) in [5.41, 5.74) is 6.08. The van der Waals surface area contributed by atoms with E-state index in [0.717, 1.165) is 0 Å². The maximum absolute atomic E-state index is 12.7. The van der Waals surface area contributed by atoms with E-state index in [1.165, 1.54) is 21.3 Å². The third-order valence-electron chi connectivity index (χ3n) is 3.88. The van der Waals surface area contributed by atoms with Crippen molar-refractivity contribution in [1.82, 2.24) is 9.21 Å². The Morgan fingerprint density at radius 2 is 1.83 bits per heavy atom. The molecule has 1 aliphatic rings. The molecule has 0 unspecified atom stereocenters. The zero-order chi connectivity index (χ0) is 17.9. The van der Waals surface area contributed by atoms with Crippen LogP contribution in [-0.2, 0) is 14.8 Å². The number of amides is 2. The minimum atomic E-state index is -3.75. The molecule has 1 fully saturated rings. The fourth-order valence-electron chi connectivity index (χ4n) is 2.50. The van der Waals surface area contributed by atoms with Crippen LogP contribution < -0.4 is 5.73 Å². The first-order valence-corrected chi connectivity index (χ1v) is 9.03. The maximum Gasteiger partial charge on any atom is 0.409 e. The summed E-state index contributed by atoms with van der Waals surface area (Å²) in [6.45, 7) is 4.53. The molecule has 0 saturated carbocycles. The molecule has 0 bridgehead atoms. The zero-order valence-corrected chi connectivity index (χ0v) is 14.5. The summed E-state index contributed by atoms with van der Waals surface area (Å²) in [6.07, 6.45) is -0.444. The number of nitrogens with two attached hydrogens (primary N) is 1. The summed E-state index contributed by atoms with van der Waals surface area (Å²) in [4.78, 5) is 24.6. The van der Waals surface area contributed by atoms with Crippen molar-refractivity contribution in [1.29, 1.82) is 0 Å². The Morgan fingerprint density at radius 1 is 1.21 bits per heavy atom. The van der Waals surface area contributed by atoms with Crippen molar-refractivity contribution in [3.63, 3.8) is 0 Å². The molecule has 9 heteroatoms. The molecule has 1 aromatic carbocycles. The molecule has 24 heavy (non-hydrogen) atoms. The lowest BCUT2D eigenvalue weighted by Gasteiger charge is -2.33. The summed E-state index contributed by atoms with van der Waals surface area (Å²) >= 11 is 0. The van der Waals surface area contributed by atoms with Gasteiger partial charge in [-0.05, 0) is 31.5 Å². The molecule has 0 aliphatic carbocycles. The second kappa shape index (κ2) is 7.18. The smallest absolute Gasteiger partial charge is 0.409 e. The van der Waals surface area contributed by atoms with E-state index in [1.807, 2.05) is 0 Å². The molecule has 2 amide bonds. The molecule has 2 N–H and O–H groups in total. The normalized spacial score (nSPS) is 16.0. The second-order valence-electron chi connectivity index (χ2n) is 5.43. The molecule has 8 nitrogen and oxygen atoms in total. The number of hydrogen-bond acceptors (Lipinski definition) is 5. The first-order chi connectivity index (χ1) is 11.3. The number of ether oxygens (including phenoxy) is 1. The van der Waals surface area contributed by atoms with Crippen LogP contribution in [0.5, 0.6) is 0 Å². The van der Waals surface area contributed by atoms with Crippen molar-refractivity contribution in [3.05, 3.63) is 29.3 Å². The Bertz CT molecular complexity index is 739. The lowest BCUT2D eigenvalue weighted by molar-refractivity contribution is 0.0933. The van der Waals surface area contributed by atoms with Crippen LogP contribution in [-0.4, -0.2) is 62.4 Å². The van der Waals surface area contributed by atoms with Crippen molar-refractivity contribution in [2.24, 2.45) is 5.73 Å². The fourth-order valence-corrected chi connectivity index (χ4v) is 3.95. The Kier molecular flexibility index (Phi) is 5.45. The number of rotatable bonds is 4. The van der Waals surface area contributed by atoms with Crippen molar-refractivity contribution < 1.29 is 22.7 Å². The third-order valence-corrected chi connectivity index (χ3v) is 5.77. The Balaban J connectivity index is 2.16. The fraction of sp³-hybridized carbons (Fsp3) is 0.467. The number of hydrogen-bond donors (Lipinski definition) is 1. The second-order valence-corrected chi connectivity index (χ2v) is 7.37. The number of piperazine rings is 1. The third kappa shape index (κ3) is 3.68. The van der Waals surface area contributed by atoms with Crippen LogP contribution in [0.15, 0.2) is 23.1 Å². The highest BCUT2D eigenvalue weighted by Gasteiger charge is 2.31. The average molecular weight is 355 g/mol. The van der Waals surface area contributed by atoms with E-state index >= 15 is 0 Å². The molecule has 1 aromatic rings. The minimum absolute atomic E-state index is 0.0199.